The molecular weight excluding hydrogens is 222 g/mol. The van der Waals surface area contributed by atoms with Gasteiger partial charge in [-0.1, -0.05) is 30.3 Å². The first-order valence-corrected chi connectivity index (χ1v) is 5.15. The van der Waals surface area contributed by atoms with E-state index in [0.717, 1.165) is 10.6 Å². The summed E-state index contributed by atoms with van der Waals surface area (Å²) >= 11 is 0. The van der Waals surface area contributed by atoms with Crippen molar-refractivity contribution in [1.82, 2.24) is 5.06 Å². The maximum Gasteiger partial charge on any atom is 0.443 e. The third kappa shape index (κ3) is 3.07. The van der Waals surface area contributed by atoms with Gasteiger partial charge in [0.1, 0.15) is 6.61 Å². The molecule has 1 aliphatic heterocycles. The molecular formula is C12H11NO4. The SMILES string of the molecule is O=C(/C=C/c1ccccc1)ON1CCOC1=O. The largest absolute Gasteiger partial charge is 0.445 e. The van der Waals surface area contributed by atoms with Gasteiger partial charge in [-0.25, -0.2) is 9.59 Å². The van der Waals surface area contributed by atoms with Gasteiger partial charge in [-0.15, -0.1) is 5.06 Å². The van der Waals surface area contributed by atoms with E-state index >= 15 is 0 Å². The summed E-state index contributed by atoms with van der Waals surface area (Å²) in [6, 6.07) is 9.32. The number of hydrogen-bond acceptors (Lipinski definition) is 4. The molecule has 0 aliphatic carbocycles. The standard InChI is InChI=1S/C12H11NO4/c14-11(17-13-8-9-16-12(13)15)7-6-10-4-2-1-3-5-10/h1-7H,8-9H2/b7-6+. The van der Waals surface area contributed by atoms with Gasteiger partial charge in [0.2, 0.25) is 0 Å². The van der Waals surface area contributed by atoms with Crippen LogP contribution in [0.3, 0.4) is 0 Å². The Morgan fingerprint density at radius 2 is 2.12 bits per heavy atom. The highest BCUT2D eigenvalue weighted by molar-refractivity contribution is 5.87. The van der Waals surface area contributed by atoms with Crippen LogP contribution in [0.5, 0.6) is 0 Å². The fourth-order valence-corrected chi connectivity index (χ4v) is 1.33. The van der Waals surface area contributed by atoms with Crippen molar-refractivity contribution in [2.75, 3.05) is 13.2 Å². The minimum atomic E-state index is -0.633. The van der Waals surface area contributed by atoms with Crippen LogP contribution in [0.25, 0.3) is 6.08 Å². The van der Waals surface area contributed by atoms with Crippen molar-refractivity contribution in [1.29, 1.82) is 0 Å². The highest BCUT2D eigenvalue weighted by Crippen LogP contribution is 2.05. The van der Waals surface area contributed by atoms with Crippen molar-refractivity contribution < 1.29 is 19.2 Å². The summed E-state index contributed by atoms with van der Waals surface area (Å²) in [5.41, 5.74) is 0.883. The first-order chi connectivity index (χ1) is 8.25. The second-order valence-corrected chi connectivity index (χ2v) is 3.37. The molecule has 0 N–H and O–H groups in total. The molecule has 0 atom stereocenters. The number of amides is 1. The van der Waals surface area contributed by atoms with E-state index in [0.29, 0.717) is 0 Å². The van der Waals surface area contributed by atoms with Crippen molar-refractivity contribution in [3.05, 3.63) is 42.0 Å². The number of ether oxygens (including phenoxy) is 1. The van der Waals surface area contributed by atoms with Gasteiger partial charge >= 0.3 is 12.1 Å². The normalized spacial score (nSPS) is 15.1. The molecule has 1 heterocycles. The maximum absolute atomic E-state index is 11.4. The zero-order chi connectivity index (χ0) is 12.1. The molecule has 5 heteroatoms. The predicted octanol–water partition coefficient (Wildman–Crippen LogP) is 1.61. The van der Waals surface area contributed by atoms with Crippen LogP contribution in [0.2, 0.25) is 0 Å². The highest BCUT2D eigenvalue weighted by Gasteiger charge is 2.25. The zero-order valence-corrected chi connectivity index (χ0v) is 9.04. The second-order valence-electron chi connectivity index (χ2n) is 3.37. The fraction of sp³-hybridized carbons (Fsp3) is 0.167. The molecule has 0 spiro atoms. The summed E-state index contributed by atoms with van der Waals surface area (Å²) in [5, 5.41) is 0.900. The van der Waals surface area contributed by atoms with Crippen molar-refractivity contribution >= 4 is 18.1 Å². The van der Waals surface area contributed by atoms with Crippen molar-refractivity contribution in [3.63, 3.8) is 0 Å². The van der Waals surface area contributed by atoms with E-state index in [4.69, 9.17) is 4.84 Å². The van der Waals surface area contributed by atoms with Gasteiger partial charge in [0, 0.05) is 6.08 Å². The topological polar surface area (TPSA) is 55.8 Å². The Labute approximate surface area is 98.2 Å². The Kier molecular flexibility index (Phi) is 3.40. The Balaban J connectivity index is 1.89. The molecule has 1 aromatic rings. The quantitative estimate of drug-likeness (QED) is 0.744. The van der Waals surface area contributed by atoms with Gasteiger partial charge in [-0.05, 0) is 11.6 Å². The average Bonchev–Trinajstić information content (AvgIpc) is 2.74. The van der Waals surface area contributed by atoms with Gasteiger partial charge in [0.15, 0.2) is 0 Å². The van der Waals surface area contributed by atoms with Crippen molar-refractivity contribution in [3.8, 4) is 0 Å². The number of rotatable bonds is 3. The molecule has 1 aromatic carbocycles. The molecule has 1 fully saturated rings. The molecule has 88 valence electrons. The van der Waals surface area contributed by atoms with Crippen LogP contribution in [0.15, 0.2) is 36.4 Å². The van der Waals surface area contributed by atoms with Gasteiger partial charge in [0.05, 0.1) is 6.54 Å². The van der Waals surface area contributed by atoms with Crippen LogP contribution in [0.1, 0.15) is 5.56 Å². The minimum absolute atomic E-state index is 0.245. The Hall–Kier alpha value is -2.30. The van der Waals surface area contributed by atoms with Gasteiger partial charge in [0.25, 0.3) is 0 Å². The number of hydrogen-bond donors (Lipinski definition) is 0. The molecule has 0 radical (unpaired) electrons. The molecule has 1 aliphatic rings. The number of carbonyl (C=O) groups excluding carboxylic acids is 2. The van der Waals surface area contributed by atoms with Crippen LogP contribution in [0, 0.1) is 0 Å². The highest BCUT2D eigenvalue weighted by atomic mass is 16.8. The summed E-state index contributed by atoms with van der Waals surface area (Å²) in [6.45, 7) is 0.512. The second kappa shape index (κ2) is 5.16. The molecule has 0 unspecified atom stereocenters. The lowest BCUT2D eigenvalue weighted by molar-refractivity contribution is -0.167. The first kappa shape index (κ1) is 11.2. The average molecular weight is 233 g/mol. The van der Waals surface area contributed by atoms with Crippen LogP contribution in [-0.4, -0.2) is 30.3 Å². The van der Waals surface area contributed by atoms with E-state index in [2.05, 4.69) is 4.74 Å². The predicted molar refractivity (Wildman–Crippen MR) is 59.6 cm³/mol. The number of benzene rings is 1. The van der Waals surface area contributed by atoms with E-state index in [9.17, 15) is 9.59 Å². The fourth-order valence-electron chi connectivity index (χ4n) is 1.33. The maximum atomic E-state index is 11.4. The Morgan fingerprint density at radius 3 is 2.76 bits per heavy atom. The molecule has 5 nitrogen and oxygen atoms in total. The number of nitrogens with zero attached hydrogens (tertiary/aromatic N) is 1. The molecule has 1 amide bonds. The van der Waals surface area contributed by atoms with Gasteiger partial charge in [-0.2, -0.15) is 0 Å². The van der Waals surface area contributed by atoms with Gasteiger partial charge < -0.3 is 9.57 Å². The molecule has 17 heavy (non-hydrogen) atoms. The van der Waals surface area contributed by atoms with E-state index in [1.165, 1.54) is 6.08 Å². The molecule has 1 saturated heterocycles. The summed E-state index contributed by atoms with van der Waals surface area (Å²) in [7, 11) is 0. The van der Waals surface area contributed by atoms with Crippen LogP contribution in [0.4, 0.5) is 4.79 Å². The number of carbonyl (C=O) groups is 2. The smallest absolute Gasteiger partial charge is 0.443 e. The number of cyclic esters (lactones) is 1. The molecule has 0 aromatic heterocycles. The molecule has 0 bridgehead atoms. The monoisotopic (exact) mass is 233 g/mol. The first-order valence-electron chi connectivity index (χ1n) is 5.15. The lowest BCUT2D eigenvalue weighted by atomic mass is 10.2. The Bertz CT molecular complexity index is 441. The van der Waals surface area contributed by atoms with Gasteiger partial charge in [-0.3, -0.25) is 0 Å². The lowest BCUT2D eigenvalue weighted by Crippen LogP contribution is -2.27. The van der Waals surface area contributed by atoms with E-state index in [1.54, 1.807) is 6.08 Å². The van der Waals surface area contributed by atoms with Crippen molar-refractivity contribution in [2.45, 2.75) is 0 Å². The van der Waals surface area contributed by atoms with E-state index < -0.39 is 12.1 Å². The summed E-state index contributed by atoms with van der Waals surface area (Å²) in [4.78, 5) is 27.1. The summed E-state index contributed by atoms with van der Waals surface area (Å²) < 4.78 is 4.61. The third-order valence-electron chi connectivity index (χ3n) is 2.14. The van der Waals surface area contributed by atoms with E-state index in [1.807, 2.05) is 30.3 Å². The third-order valence-corrected chi connectivity index (χ3v) is 2.14. The Morgan fingerprint density at radius 1 is 1.35 bits per heavy atom. The number of hydroxylamine groups is 2. The summed E-state index contributed by atoms with van der Waals surface area (Å²) in [5.74, 6) is -0.604. The zero-order valence-electron chi connectivity index (χ0n) is 9.04. The van der Waals surface area contributed by atoms with Crippen LogP contribution < -0.4 is 0 Å². The molecule has 2 rings (SSSR count). The van der Waals surface area contributed by atoms with Crippen LogP contribution >= 0.6 is 0 Å². The van der Waals surface area contributed by atoms with E-state index in [-0.39, 0.29) is 13.2 Å². The van der Waals surface area contributed by atoms with Crippen LogP contribution in [-0.2, 0) is 14.4 Å². The molecule has 0 saturated carbocycles. The summed E-state index contributed by atoms with van der Waals surface area (Å²) in [6.07, 6.45) is 2.25. The minimum Gasteiger partial charge on any atom is -0.445 e. The van der Waals surface area contributed by atoms with Crippen molar-refractivity contribution in [2.24, 2.45) is 0 Å². The lowest BCUT2D eigenvalue weighted by Gasteiger charge is -2.09.